The van der Waals surface area contributed by atoms with Gasteiger partial charge in [0.25, 0.3) is 11.6 Å². The van der Waals surface area contributed by atoms with Crippen LogP contribution in [0.15, 0.2) is 14.6 Å². The largest absolute Gasteiger partial charge is 0.465 e. The zero-order valence-electron chi connectivity index (χ0n) is 10.4. The molecule has 0 aliphatic rings. The van der Waals surface area contributed by atoms with E-state index in [1.807, 2.05) is 19.2 Å². The lowest BCUT2D eigenvalue weighted by Crippen LogP contribution is -2.23. The molecule has 98 valence electrons. The third-order valence-corrected chi connectivity index (χ3v) is 4.35. The average molecular weight is 331 g/mol. The van der Waals surface area contributed by atoms with Gasteiger partial charge in [-0.3, -0.25) is 9.36 Å². The van der Waals surface area contributed by atoms with Crippen LogP contribution in [0.3, 0.4) is 0 Å². The molecule has 2 heterocycles. The Balaban J connectivity index is 2.60. The van der Waals surface area contributed by atoms with Crippen LogP contribution in [0.5, 0.6) is 6.01 Å². The van der Waals surface area contributed by atoms with Crippen molar-refractivity contribution >= 4 is 37.5 Å². The van der Waals surface area contributed by atoms with Crippen LogP contribution in [-0.4, -0.2) is 16.2 Å². The van der Waals surface area contributed by atoms with Gasteiger partial charge in [-0.25, -0.2) is 0 Å². The number of hydrogen-bond donors (Lipinski definition) is 0. The molecule has 0 spiro atoms. The second-order valence-electron chi connectivity index (χ2n) is 3.96. The average Bonchev–Trinajstić information content (AvgIpc) is 2.73. The Kier molecular flexibility index (Phi) is 4.40. The van der Waals surface area contributed by atoms with Crippen molar-refractivity contribution in [1.29, 1.82) is 0 Å². The van der Waals surface area contributed by atoms with E-state index in [9.17, 15) is 4.79 Å². The Bertz CT molecular complexity index is 606. The topological polar surface area (TPSA) is 44.1 Å². The maximum atomic E-state index is 12.3. The highest BCUT2D eigenvalue weighted by atomic mass is 79.9. The van der Waals surface area contributed by atoms with E-state index in [0.29, 0.717) is 29.4 Å². The van der Waals surface area contributed by atoms with Gasteiger partial charge >= 0.3 is 0 Å². The molecular formula is C12H15BrN2O2S. The van der Waals surface area contributed by atoms with Gasteiger partial charge in [0.05, 0.1) is 11.1 Å². The fourth-order valence-corrected chi connectivity index (χ4v) is 3.19. The molecule has 0 bridgehead atoms. The fourth-order valence-electron chi connectivity index (χ4n) is 1.68. The molecule has 6 heteroatoms. The van der Waals surface area contributed by atoms with Gasteiger partial charge in [0, 0.05) is 11.9 Å². The second kappa shape index (κ2) is 5.84. The zero-order valence-corrected chi connectivity index (χ0v) is 12.8. The molecule has 0 unspecified atom stereocenters. The molecule has 0 saturated carbocycles. The molecule has 0 radical (unpaired) electrons. The minimum Gasteiger partial charge on any atom is -0.465 e. The summed E-state index contributed by atoms with van der Waals surface area (Å²) in [7, 11) is 0. The molecule has 2 aromatic rings. The van der Waals surface area contributed by atoms with E-state index < -0.39 is 0 Å². The first-order valence-electron chi connectivity index (χ1n) is 5.99. The highest BCUT2D eigenvalue weighted by Gasteiger charge is 2.14. The molecule has 0 fully saturated rings. The Morgan fingerprint density at radius 2 is 2.22 bits per heavy atom. The molecule has 2 aromatic heterocycles. The van der Waals surface area contributed by atoms with Crippen LogP contribution in [0.1, 0.15) is 26.7 Å². The van der Waals surface area contributed by atoms with Gasteiger partial charge in [0.1, 0.15) is 10.2 Å². The third kappa shape index (κ3) is 2.44. The fraction of sp³-hybridized carbons (Fsp3) is 0.500. The van der Waals surface area contributed by atoms with Crippen molar-refractivity contribution < 1.29 is 4.74 Å². The van der Waals surface area contributed by atoms with Gasteiger partial charge in [0.2, 0.25) is 0 Å². The Labute approximate surface area is 118 Å². The first kappa shape index (κ1) is 13.5. The summed E-state index contributed by atoms with van der Waals surface area (Å²) in [4.78, 5) is 16.8. The van der Waals surface area contributed by atoms with Crippen LogP contribution in [0.2, 0.25) is 0 Å². The number of aromatic nitrogens is 2. The maximum Gasteiger partial charge on any atom is 0.299 e. The van der Waals surface area contributed by atoms with Gasteiger partial charge in [0.15, 0.2) is 0 Å². The SMILES string of the molecule is CCCOc1nc2c(Br)csc2c(=O)n1CCC. The van der Waals surface area contributed by atoms with Crippen molar-refractivity contribution in [1.82, 2.24) is 9.55 Å². The van der Waals surface area contributed by atoms with E-state index in [0.717, 1.165) is 17.3 Å². The first-order chi connectivity index (χ1) is 8.69. The first-order valence-corrected chi connectivity index (χ1v) is 7.66. The van der Waals surface area contributed by atoms with Gasteiger partial charge in [-0.15, -0.1) is 11.3 Å². The number of hydrogen-bond acceptors (Lipinski definition) is 4. The van der Waals surface area contributed by atoms with Gasteiger partial charge in [-0.2, -0.15) is 4.98 Å². The molecule has 0 aliphatic carbocycles. The van der Waals surface area contributed by atoms with Crippen molar-refractivity contribution in [2.45, 2.75) is 33.2 Å². The highest BCUT2D eigenvalue weighted by Crippen LogP contribution is 2.27. The Hall–Kier alpha value is -0.880. The maximum absolute atomic E-state index is 12.3. The monoisotopic (exact) mass is 330 g/mol. The summed E-state index contributed by atoms with van der Waals surface area (Å²) in [6.45, 7) is 5.27. The normalized spacial score (nSPS) is 11.1. The minimum atomic E-state index is -0.0105. The van der Waals surface area contributed by atoms with Gasteiger partial charge in [-0.1, -0.05) is 13.8 Å². The summed E-state index contributed by atoms with van der Waals surface area (Å²) in [6.07, 6.45) is 1.77. The van der Waals surface area contributed by atoms with Crippen LogP contribution in [-0.2, 0) is 6.54 Å². The number of fused-ring (bicyclic) bond motifs is 1. The summed E-state index contributed by atoms with van der Waals surface area (Å²) < 4.78 is 8.75. The predicted octanol–water partition coefficient (Wildman–Crippen LogP) is 3.42. The Morgan fingerprint density at radius 3 is 2.89 bits per heavy atom. The van der Waals surface area contributed by atoms with E-state index >= 15 is 0 Å². The Morgan fingerprint density at radius 1 is 1.44 bits per heavy atom. The molecule has 0 N–H and O–H groups in total. The number of nitrogens with zero attached hydrogens (tertiary/aromatic N) is 2. The lowest BCUT2D eigenvalue weighted by Gasteiger charge is -2.11. The molecule has 0 aliphatic heterocycles. The van der Waals surface area contributed by atoms with Crippen LogP contribution < -0.4 is 10.3 Å². The molecule has 4 nitrogen and oxygen atoms in total. The van der Waals surface area contributed by atoms with Gasteiger partial charge < -0.3 is 4.74 Å². The molecule has 0 saturated heterocycles. The van der Waals surface area contributed by atoms with E-state index in [1.54, 1.807) is 4.57 Å². The van der Waals surface area contributed by atoms with E-state index in [1.165, 1.54) is 11.3 Å². The minimum absolute atomic E-state index is 0.0105. The van der Waals surface area contributed by atoms with Crippen molar-refractivity contribution in [2.75, 3.05) is 6.61 Å². The van der Waals surface area contributed by atoms with Crippen LogP contribution in [0, 0.1) is 0 Å². The smallest absolute Gasteiger partial charge is 0.299 e. The number of halogens is 1. The van der Waals surface area contributed by atoms with E-state index in [2.05, 4.69) is 20.9 Å². The third-order valence-electron chi connectivity index (χ3n) is 2.48. The van der Waals surface area contributed by atoms with Crippen LogP contribution in [0.4, 0.5) is 0 Å². The summed E-state index contributed by atoms with van der Waals surface area (Å²) in [5.41, 5.74) is 0.687. The number of ether oxygens (including phenoxy) is 1. The standard InChI is InChI=1S/C12H15BrN2O2S/c1-3-5-15-11(16)10-9(8(13)7-18-10)14-12(15)17-6-4-2/h7H,3-6H2,1-2H3. The molecule has 0 atom stereocenters. The van der Waals surface area contributed by atoms with Crippen molar-refractivity contribution in [2.24, 2.45) is 0 Å². The predicted molar refractivity (Wildman–Crippen MR) is 77.7 cm³/mol. The summed E-state index contributed by atoms with van der Waals surface area (Å²) in [5.74, 6) is 0. The molecule has 0 amide bonds. The lowest BCUT2D eigenvalue weighted by molar-refractivity contribution is 0.272. The molecular weight excluding hydrogens is 316 g/mol. The van der Waals surface area contributed by atoms with E-state index in [-0.39, 0.29) is 5.56 Å². The van der Waals surface area contributed by atoms with Crippen LogP contribution in [0.25, 0.3) is 10.2 Å². The highest BCUT2D eigenvalue weighted by molar-refractivity contribution is 9.10. The van der Waals surface area contributed by atoms with E-state index in [4.69, 9.17) is 4.74 Å². The van der Waals surface area contributed by atoms with Crippen molar-refractivity contribution in [3.8, 4) is 6.01 Å². The number of thiophene rings is 1. The zero-order chi connectivity index (χ0) is 13.1. The van der Waals surface area contributed by atoms with Crippen molar-refractivity contribution in [3.63, 3.8) is 0 Å². The second-order valence-corrected chi connectivity index (χ2v) is 5.69. The lowest BCUT2D eigenvalue weighted by atomic mass is 10.4. The molecule has 2 rings (SSSR count). The number of rotatable bonds is 5. The quantitative estimate of drug-likeness (QED) is 0.843. The molecule has 18 heavy (non-hydrogen) atoms. The van der Waals surface area contributed by atoms with Crippen LogP contribution >= 0.6 is 27.3 Å². The van der Waals surface area contributed by atoms with Gasteiger partial charge in [-0.05, 0) is 28.8 Å². The molecule has 0 aromatic carbocycles. The summed E-state index contributed by atoms with van der Waals surface area (Å²) >= 11 is 4.83. The van der Waals surface area contributed by atoms with Crippen molar-refractivity contribution in [3.05, 3.63) is 20.2 Å². The summed E-state index contributed by atoms with van der Waals surface area (Å²) in [6, 6.07) is 0.426. The summed E-state index contributed by atoms with van der Waals surface area (Å²) in [5, 5.41) is 1.89.